The minimum absolute atomic E-state index is 0.124. The van der Waals surface area contributed by atoms with Gasteiger partial charge in [-0.05, 0) is 39.2 Å². The van der Waals surface area contributed by atoms with Crippen LogP contribution in [0.3, 0.4) is 0 Å². The van der Waals surface area contributed by atoms with Crippen LogP contribution in [0, 0.1) is 5.92 Å². The van der Waals surface area contributed by atoms with Crippen molar-refractivity contribution in [1.29, 1.82) is 0 Å². The molecular weight excluding hydrogens is 240 g/mol. The highest BCUT2D eigenvalue weighted by atomic mass is 32.2. The number of sulfonamides is 1. The van der Waals surface area contributed by atoms with Crippen LogP contribution >= 0.6 is 0 Å². The lowest BCUT2D eigenvalue weighted by atomic mass is 9.84. The fourth-order valence-corrected chi connectivity index (χ4v) is 4.55. The van der Waals surface area contributed by atoms with Gasteiger partial charge in [-0.1, -0.05) is 12.8 Å². The highest BCUT2D eigenvalue weighted by Crippen LogP contribution is 2.41. The van der Waals surface area contributed by atoms with Crippen LogP contribution in [0.25, 0.3) is 0 Å². The van der Waals surface area contributed by atoms with Gasteiger partial charge >= 0.3 is 0 Å². The van der Waals surface area contributed by atoms with Crippen LogP contribution in [0.4, 0.5) is 0 Å². The van der Waals surface area contributed by atoms with E-state index in [1.54, 1.807) is 0 Å². The van der Waals surface area contributed by atoms with Crippen LogP contribution in [0.1, 0.15) is 39.5 Å². The zero-order chi connectivity index (χ0) is 12.8. The normalized spacial score (nSPS) is 35.5. The Morgan fingerprint density at radius 3 is 2.47 bits per heavy atom. The molecule has 2 unspecified atom stereocenters. The summed E-state index contributed by atoms with van der Waals surface area (Å²) in [6.07, 6.45) is 3.72. The maximum atomic E-state index is 12.1. The maximum absolute atomic E-state index is 12.1. The van der Waals surface area contributed by atoms with Gasteiger partial charge in [0.15, 0.2) is 4.75 Å². The summed E-state index contributed by atoms with van der Waals surface area (Å²) in [4.78, 5) is 12.0. The third-order valence-electron chi connectivity index (χ3n) is 4.09. The van der Waals surface area contributed by atoms with Gasteiger partial charge in [-0.3, -0.25) is 4.79 Å². The van der Waals surface area contributed by atoms with Gasteiger partial charge in [0.1, 0.15) is 0 Å². The molecule has 0 bridgehead atoms. The molecule has 2 fully saturated rings. The Kier molecular flexibility index (Phi) is 2.98. The van der Waals surface area contributed by atoms with E-state index in [1.165, 1.54) is 13.8 Å². The van der Waals surface area contributed by atoms with Crippen molar-refractivity contribution in [3.8, 4) is 0 Å². The second kappa shape index (κ2) is 3.95. The van der Waals surface area contributed by atoms with Crippen LogP contribution < -0.4 is 5.73 Å². The molecule has 2 rings (SSSR count). The van der Waals surface area contributed by atoms with E-state index in [-0.39, 0.29) is 17.9 Å². The first-order valence-electron chi connectivity index (χ1n) is 6.12. The van der Waals surface area contributed by atoms with Crippen molar-refractivity contribution in [2.24, 2.45) is 11.7 Å². The number of carbonyl (C=O) groups excluding carboxylic acids is 1. The number of rotatable bonds is 2. The highest BCUT2D eigenvalue weighted by Gasteiger charge is 2.62. The zero-order valence-corrected chi connectivity index (χ0v) is 11.2. The predicted molar refractivity (Wildman–Crippen MR) is 64.6 cm³/mol. The molecule has 6 heteroatoms. The van der Waals surface area contributed by atoms with Crippen molar-refractivity contribution >= 4 is 15.9 Å². The molecule has 2 N–H and O–H groups in total. The predicted octanol–water partition coefficient (Wildman–Crippen LogP) is 0.455. The molecule has 1 amide bonds. The number of hydrogen-bond donors (Lipinski definition) is 1. The Labute approximate surface area is 102 Å². The van der Waals surface area contributed by atoms with Crippen molar-refractivity contribution < 1.29 is 13.2 Å². The van der Waals surface area contributed by atoms with E-state index in [0.717, 1.165) is 30.0 Å². The molecule has 17 heavy (non-hydrogen) atoms. The second-order valence-electron chi connectivity index (χ2n) is 5.46. The van der Waals surface area contributed by atoms with E-state index in [0.29, 0.717) is 6.54 Å². The first-order chi connectivity index (χ1) is 7.84. The fourth-order valence-electron chi connectivity index (χ4n) is 2.79. The number of nitrogens with two attached hydrogens (primary N) is 1. The Morgan fingerprint density at radius 1 is 1.35 bits per heavy atom. The van der Waals surface area contributed by atoms with Crippen LogP contribution in [0.5, 0.6) is 0 Å². The van der Waals surface area contributed by atoms with Crippen molar-refractivity contribution in [3.63, 3.8) is 0 Å². The first kappa shape index (κ1) is 12.8. The molecule has 5 nitrogen and oxygen atoms in total. The Morgan fingerprint density at radius 2 is 1.94 bits per heavy atom. The second-order valence-corrected chi connectivity index (χ2v) is 7.83. The lowest BCUT2D eigenvalue weighted by Gasteiger charge is -2.50. The van der Waals surface area contributed by atoms with Gasteiger partial charge in [-0.15, -0.1) is 0 Å². The summed E-state index contributed by atoms with van der Waals surface area (Å²) in [6, 6.07) is -0.209. The Hall–Kier alpha value is -0.620. The molecule has 0 aromatic heterocycles. The van der Waals surface area contributed by atoms with E-state index >= 15 is 0 Å². The number of nitrogens with zero attached hydrogens (tertiary/aromatic N) is 1. The zero-order valence-electron chi connectivity index (χ0n) is 10.3. The topological polar surface area (TPSA) is 80.5 Å². The average molecular weight is 260 g/mol. The minimum Gasteiger partial charge on any atom is -0.330 e. The molecule has 0 radical (unpaired) electrons. The SMILES string of the molecule is CC1(C)C(=O)N(C2CCCCC2CN)S1(=O)=O. The molecule has 0 aromatic carbocycles. The summed E-state index contributed by atoms with van der Waals surface area (Å²) < 4.78 is 24.1. The summed E-state index contributed by atoms with van der Waals surface area (Å²) in [7, 11) is -3.46. The molecule has 0 aromatic rings. The molecule has 1 saturated carbocycles. The van der Waals surface area contributed by atoms with Gasteiger partial charge in [-0.25, -0.2) is 12.7 Å². The summed E-state index contributed by atoms with van der Waals surface area (Å²) in [5.74, 6) is -0.151. The summed E-state index contributed by atoms with van der Waals surface area (Å²) in [5.41, 5.74) is 5.68. The van der Waals surface area contributed by atoms with Crippen LogP contribution in [0.2, 0.25) is 0 Å². The van der Waals surface area contributed by atoms with E-state index in [4.69, 9.17) is 5.73 Å². The number of amides is 1. The molecule has 2 aliphatic rings. The molecule has 1 aliphatic carbocycles. The average Bonchev–Trinajstić information content (AvgIpc) is 2.29. The van der Waals surface area contributed by atoms with Gasteiger partial charge in [-0.2, -0.15) is 0 Å². The molecule has 2 atom stereocenters. The van der Waals surface area contributed by atoms with Crippen LogP contribution in [0.15, 0.2) is 0 Å². The van der Waals surface area contributed by atoms with E-state index in [1.807, 2.05) is 0 Å². The third-order valence-corrected chi connectivity index (χ3v) is 6.51. The highest BCUT2D eigenvalue weighted by molar-refractivity contribution is 7.94. The van der Waals surface area contributed by atoms with Crippen molar-refractivity contribution in [2.45, 2.75) is 50.3 Å². The van der Waals surface area contributed by atoms with Crippen molar-refractivity contribution in [1.82, 2.24) is 4.31 Å². The smallest absolute Gasteiger partial charge is 0.259 e. The molecule has 1 saturated heterocycles. The third kappa shape index (κ3) is 1.61. The molecule has 1 heterocycles. The monoisotopic (exact) mass is 260 g/mol. The van der Waals surface area contributed by atoms with Gasteiger partial charge < -0.3 is 5.73 Å². The number of hydrogen-bond acceptors (Lipinski definition) is 4. The van der Waals surface area contributed by atoms with Gasteiger partial charge in [0, 0.05) is 0 Å². The maximum Gasteiger partial charge on any atom is 0.259 e. The van der Waals surface area contributed by atoms with E-state index in [2.05, 4.69) is 0 Å². The summed E-state index contributed by atoms with van der Waals surface area (Å²) in [6.45, 7) is 3.40. The Bertz CT molecular complexity index is 430. The molecule has 98 valence electrons. The fraction of sp³-hybridized carbons (Fsp3) is 0.909. The largest absolute Gasteiger partial charge is 0.330 e. The standard InChI is InChI=1S/C11H20N2O3S/c1-11(2)10(14)13(17(11,15)16)9-6-4-3-5-8(9)7-12/h8-9H,3-7,12H2,1-2H3. The van der Waals surface area contributed by atoms with Crippen molar-refractivity contribution in [3.05, 3.63) is 0 Å². The molecule has 1 aliphatic heterocycles. The lowest BCUT2D eigenvalue weighted by molar-refractivity contribution is -0.135. The van der Waals surface area contributed by atoms with Crippen molar-refractivity contribution in [2.75, 3.05) is 6.54 Å². The van der Waals surface area contributed by atoms with Crippen LogP contribution in [-0.2, 0) is 14.8 Å². The number of carbonyl (C=O) groups is 1. The summed E-state index contributed by atoms with van der Waals surface area (Å²) in [5, 5.41) is 0. The summed E-state index contributed by atoms with van der Waals surface area (Å²) >= 11 is 0. The lowest BCUT2D eigenvalue weighted by Crippen LogP contribution is -2.71. The molecular formula is C11H20N2O3S. The van der Waals surface area contributed by atoms with E-state index < -0.39 is 14.8 Å². The van der Waals surface area contributed by atoms with Gasteiger partial charge in [0.25, 0.3) is 15.9 Å². The first-order valence-corrected chi connectivity index (χ1v) is 7.56. The molecule has 0 spiro atoms. The minimum atomic E-state index is -3.46. The van der Waals surface area contributed by atoms with Gasteiger partial charge in [0.05, 0.1) is 6.04 Å². The quantitative estimate of drug-likeness (QED) is 0.782. The van der Waals surface area contributed by atoms with E-state index in [9.17, 15) is 13.2 Å². The Balaban J connectivity index is 2.27. The van der Waals surface area contributed by atoms with Gasteiger partial charge in [0.2, 0.25) is 0 Å². The van der Waals surface area contributed by atoms with Crippen LogP contribution in [-0.4, -0.2) is 36.0 Å².